The van der Waals surface area contributed by atoms with Crippen LogP contribution in [0.1, 0.15) is 11.1 Å². The van der Waals surface area contributed by atoms with E-state index in [9.17, 15) is 23.3 Å². The van der Waals surface area contributed by atoms with Crippen molar-refractivity contribution in [2.45, 2.75) is 12.7 Å². The van der Waals surface area contributed by atoms with Crippen molar-refractivity contribution in [1.82, 2.24) is 0 Å². The number of nitrogens with zero attached hydrogens (tertiary/aromatic N) is 1. The van der Waals surface area contributed by atoms with Gasteiger partial charge in [-0.25, -0.2) is 0 Å². The summed E-state index contributed by atoms with van der Waals surface area (Å²) in [7, 11) is 0. The fraction of sp³-hybridized carbons (Fsp3) is 0.250. The fourth-order valence-electron chi connectivity index (χ4n) is 1.22. The highest BCUT2D eigenvalue weighted by molar-refractivity contribution is 9.10. The molecule has 0 aliphatic heterocycles. The van der Waals surface area contributed by atoms with Crippen molar-refractivity contribution in [2.75, 3.05) is 0 Å². The van der Waals surface area contributed by atoms with Crippen LogP contribution < -0.4 is 5.73 Å². The molecular formula is C8H6BrF3N2O2. The average Bonchev–Trinajstić information content (AvgIpc) is 2.15. The molecule has 0 spiro atoms. The number of halogens is 4. The Kier molecular flexibility index (Phi) is 3.54. The maximum absolute atomic E-state index is 12.5. The average molecular weight is 299 g/mol. The van der Waals surface area contributed by atoms with Crippen molar-refractivity contribution in [3.05, 3.63) is 37.8 Å². The molecule has 0 saturated heterocycles. The van der Waals surface area contributed by atoms with Gasteiger partial charge in [0.25, 0.3) is 5.69 Å². The normalized spacial score (nSPS) is 11.6. The second-order valence-corrected chi connectivity index (χ2v) is 3.68. The van der Waals surface area contributed by atoms with Gasteiger partial charge in [-0.2, -0.15) is 13.2 Å². The van der Waals surface area contributed by atoms with Crippen LogP contribution in [0.3, 0.4) is 0 Å². The molecule has 16 heavy (non-hydrogen) atoms. The number of alkyl halides is 3. The van der Waals surface area contributed by atoms with Crippen LogP contribution in [0.5, 0.6) is 0 Å². The van der Waals surface area contributed by atoms with E-state index in [0.29, 0.717) is 6.07 Å². The zero-order valence-corrected chi connectivity index (χ0v) is 9.30. The van der Waals surface area contributed by atoms with Crippen molar-refractivity contribution >= 4 is 21.6 Å². The van der Waals surface area contributed by atoms with Gasteiger partial charge in [0.05, 0.1) is 10.5 Å². The van der Waals surface area contributed by atoms with Gasteiger partial charge in [-0.1, -0.05) is 0 Å². The molecule has 0 fully saturated rings. The minimum atomic E-state index is -4.58. The Hall–Kier alpha value is -1.15. The molecule has 0 bridgehead atoms. The fourth-order valence-corrected chi connectivity index (χ4v) is 1.87. The Morgan fingerprint density at radius 2 is 2.00 bits per heavy atom. The van der Waals surface area contributed by atoms with Gasteiger partial charge >= 0.3 is 6.18 Å². The first-order valence-electron chi connectivity index (χ1n) is 4.02. The van der Waals surface area contributed by atoms with Crippen molar-refractivity contribution in [1.29, 1.82) is 0 Å². The minimum Gasteiger partial charge on any atom is -0.326 e. The van der Waals surface area contributed by atoms with Crippen molar-refractivity contribution in [2.24, 2.45) is 5.73 Å². The maximum Gasteiger partial charge on any atom is 0.416 e. The predicted octanol–water partition coefficient (Wildman–Crippen LogP) is 2.83. The number of nitrogens with two attached hydrogens (primary N) is 1. The highest BCUT2D eigenvalue weighted by atomic mass is 79.9. The number of benzene rings is 1. The van der Waals surface area contributed by atoms with Gasteiger partial charge in [-0.05, 0) is 27.6 Å². The lowest BCUT2D eigenvalue weighted by molar-refractivity contribution is -0.385. The van der Waals surface area contributed by atoms with Crippen LogP contribution in [0.25, 0.3) is 0 Å². The van der Waals surface area contributed by atoms with E-state index in [0.717, 1.165) is 6.07 Å². The summed E-state index contributed by atoms with van der Waals surface area (Å²) in [6.07, 6.45) is -4.58. The Bertz CT molecular complexity index is 434. The molecule has 2 N–H and O–H groups in total. The second-order valence-electron chi connectivity index (χ2n) is 2.88. The zero-order chi connectivity index (χ0) is 12.5. The summed E-state index contributed by atoms with van der Waals surface area (Å²) in [4.78, 5) is 9.73. The zero-order valence-electron chi connectivity index (χ0n) is 7.71. The number of nitro benzene ring substituents is 1. The van der Waals surface area contributed by atoms with Crippen LogP contribution in [-0.2, 0) is 12.7 Å². The van der Waals surface area contributed by atoms with Crippen LogP contribution in [0, 0.1) is 10.1 Å². The molecule has 0 atom stereocenters. The molecule has 1 aromatic carbocycles. The molecule has 8 heteroatoms. The Labute approximate surface area is 96.5 Å². The summed E-state index contributed by atoms with van der Waals surface area (Å²) in [6.45, 7) is -0.433. The van der Waals surface area contributed by atoms with Gasteiger partial charge in [0, 0.05) is 12.6 Å². The number of hydrogen-bond donors (Lipinski definition) is 1. The molecule has 0 heterocycles. The molecule has 0 aliphatic rings. The lowest BCUT2D eigenvalue weighted by Gasteiger charge is -2.12. The molecule has 0 aromatic heterocycles. The molecule has 1 rings (SSSR count). The first-order valence-corrected chi connectivity index (χ1v) is 4.81. The molecule has 1 aromatic rings. The highest BCUT2D eigenvalue weighted by Gasteiger charge is 2.35. The summed E-state index contributed by atoms with van der Waals surface area (Å²) >= 11 is 2.76. The summed E-state index contributed by atoms with van der Waals surface area (Å²) in [5, 5.41) is 10.5. The molecule has 4 nitrogen and oxygen atoms in total. The van der Waals surface area contributed by atoms with E-state index in [4.69, 9.17) is 5.73 Å². The van der Waals surface area contributed by atoms with Gasteiger partial charge in [-0.3, -0.25) is 10.1 Å². The lowest BCUT2D eigenvalue weighted by atomic mass is 10.1. The topological polar surface area (TPSA) is 69.2 Å². The van der Waals surface area contributed by atoms with E-state index in [2.05, 4.69) is 15.9 Å². The third kappa shape index (κ3) is 2.33. The standard InChI is InChI=1S/C8H6BrF3N2O2/c9-7-4(3-13)5(8(10,11)12)1-2-6(7)14(15)16/h1-2H,3,13H2. The Morgan fingerprint density at radius 3 is 2.38 bits per heavy atom. The van der Waals surface area contributed by atoms with E-state index in [1.807, 2.05) is 0 Å². The molecule has 0 saturated carbocycles. The van der Waals surface area contributed by atoms with Gasteiger partial charge in [0.15, 0.2) is 0 Å². The maximum atomic E-state index is 12.5. The predicted molar refractivity (Wildman–Crippen MR) is 53.7 cm³/mol. The van der Waals surface area contributed by atoms with Crippen LogP contribution in [0.15, 0.2) is 16.6 Å². The first kappa shape index (κ1) is 12.9. The minimum absolute atomic E-state index is 0.227. The highest BCUT2D eigenvalue weighted by Crippen LogP contribution is 2.38. The van der Waals surface area contributed by atoms with Crippen LogP contribution in [0.2, 0.25) is 0 Å². The molecular weight excluding hydrogens is 293 g/mol. The van der Waals surface area contributed by atoms with E-state index >= 15 is 0 Å². The van der Waals surface area contributed by atoms with E-state index < -0.39 is 28.9 Å². The van der Waals surface area contributed by atoms with Gasteiger partial charge < -0.3 is 5.73 Å². The summed E-state index contributed by atoms with van der Waals surface area (Å²) in [6, 6.07) is 1.46. The SMILES string of the molecule is NCc1c(C(F)(F)F)ccc([N+](=O)[O-])c1Br. The summed E-state index contributed by atoms with van der Waals surface area (Å²) in [5.41, 5.74) is 3.44. The number of nitro groups is 1. The molecule has 0 radical (unpaired) electrons. The molecule has 88 valence electrons. The number of rotatable bonds is 2. The summed E-state index contributed by atoms with van der Waals surface area (Å²) in [5.74, 6) is 0. The van der Waals surface area contributed by atoms with Crippen LogP contribution >= 0.6 is 15.9 Å². The van der Waals surface area contributed by atoms with E-state index in [-0.39, 0.29) is 10.0 Å². The largest absolute Gasteiger partial charge is 0.416 e. The van der Waals surface area contributed by atoms with Crippen molar-refractivity contribution in [3.63, 3.8) is 0 Å². The third-order valence-corrected chi connectivity index (χ3v) is 2.81. The van der Waals surface area contributed by atoms with Gasteiger partial charge in [-0.15, -0.1) is 0 Å². The van der Waals surface area contributed by atoms with Crippen molar-refractivity contribution in [3.8, 4) is 0 Å². The smallest absolute Gasteiger partial charge is 0.326 e. The number of hydrogen-bond acceptors (Lipinski definition) is 3. The monoisotopic (exact) mass is 298 g/mol. The second kappa shape index (κ2) is 4.38. The molecule has 0 aliphatic carbocycles. The van der Waals surface area contributed by atoms with Gasteiger partial charge in [0.2, 0.25) is 0 Å². The Balaban J connectivity index is 3.47. The third-order valence-electron chi connectivity index (χ3n) is 1.93. The molecule has 0 amide bonds. The van der Waals surface area contributed by atoms with E-state index in [1.54, 1.807) is 0 Å². The van der Waals surface area contributed by atoms with Crippen molar-refractivity contribution < 1.29 is 18.1 Å². The van der Waals surface area contributed by atoms with E-state index in [1.165, 1.54) is 0 Å². The lowest BCUT2D eigenvalue weighted by Crippen LogP contribution is -2.13. The summed E-state index contributed by atoms with van der Waals surface area (Å²) < 4.78 is 37.3. The first-order chi connectivity index (χ1) is 7.29. The van der Waals surface area contributed by atoms with Crippen LogP contribution in [0.4, 0.5) is 18.9 Å². The quantitative estimate of drug-likeness (QED) is 0.674. The Morgan fingerprint density at radius 1 is 1.44 bits per heavy atom. The van der Waals surface area contributed by atoms with Gasteiger partial charge in [0.1, 0.15) is 4.47 Å². The molecule has 0 unspecified atom stereocenters. The van der Waals surface area contributed by atoms with Crippen LogP contribution in [-0.4, -0.2) is 4.92 Å².